The van der Waals surface area contributed by atoms with Crippen LogP contribution in [0, 0.1) is 5.92 Å². The van der Waals surface area contributed by atoms with Crippen LogP contribution in [0.1, 0.15) is 46.5 Å². The van der Waals surface area contributed by atoms with Crippen molar-refractivity contribution in [3.8, 4) is 0 Å². The van der Waals surface area contributed by atoms with Crippen molar-refractivity contribution in [1.29, 1.82) is 0 Å². The summed E-state index contributed by atoms with van der Waals surface area (Å²) in [4.78, 5) is 23.6. The quantitative estimate of drug-likeness (QED) is 0.729. The molecule has 0 heterocycles. The molecule has 0 aliphatic heterocycles. The number of amides is 2. The highest BCUT2D eigenvalue weighted by molar-refractivity contribution is 7.99. The number of carbonyl (C=O) groups excluding carboxylic acids is 1. The van der Waals surface area contributed by atoms with E-state index in [1.807, 2.05) is 27.0 Å². The average molecular weight is 302 g/mol. The molecule has 0 aromatic carbocycles. The second-order valence-electron chi connectivity index (χ2n) is 6.36. The highest BCUT2D eigenvalue weighted by Crippen LogP contribution is 2.32. The minimum absolute atomic E-state index is 0.0619. The zero-order valence-corrected chi connectivity index (χ0v) is 13.6. The monoisotopic (exact) mass is 302 g/mol. The number of carboxylic acids is 1. The predicted molar refractivity (Wildman–Crippen MR) is 82.1 cm³/mol. The zero-order valence-electron chi connectivity index (χ0n) is 12.8. The third-order valence-electron chi connectivity index (χ3n) is 3.99. The fourth-order valence-electron chi connectivity index (χ4n) is 2.54. The molecule has 3 N–H and O–H groups in total. The first kappa shape index (κ1) is 17.1. The van der Waals surface area contributed by atoms with Gasteiger partial charge in [-0.05, 0) is 38.9 Å². The van der Waals surface area contributed by atoms with Crippen LogP contribution in [0.25, 0.3) is 0 Å². The van der Waals surface area contributed by atoms with E-state index >= 15 is 0 Å². The summed E-state index contributed by atoms with van der Waals surface area (Å²) in [7, 11) is 0. The van der Waals surface area contributed by atoms with Crippen LogP contribution in [0.3, 0.4) is 0 Å². The molecule has 2 amide bonds. The van der Waals surface area contributed by atoms with Gasteiger partial charge in [0.05, 0.1) is 0 Å². The van der Waals surface area contributed by atoms with Crippen molar-refractivity contribution >= 4 is 23.8 Å². The van der Waals surface area contributed by atoms with Gasteiger partial charge in [-0.25, -0.2) is 9.59 Å². The summed E-state index contributed by atoms with van der Waals surface area (Å²) in [6, 6.07) is -0.386. The molecule has 1 rings (SSSR count). The van der Waals surface area contributed by atoms with E-state index in [1.54, 1.807) is 11.8 Å². The predicted octanol–water partition coefficient (Wildman–Crippen LogP) is 2.46. The van der Waals surface area contributed by atoms with Gasteiger partial charge in [0, 0.05) is 11.3 Å². The van der Waals surface area contributed by atoms with Crippen molar-refractivity contribution in [1.82, 2.24) is 10.6 Å². The van der Waals surface area contributed by atoms with Gasteiger partial charge in [0.15, 0.2) is 0 Å². The molecule has 1 aliphatic rings. The second kappa shape index (κ2) is 6.70. The fourth-order valence-corrected chi connectivity index (χ4v) is 2.76. The molecule has 1 saturated carbocycles. The van der Waals surface area contributed by atoms with Crippen LogP contribution < -0.4 is 10.6 Å². The first-order chi connectivity index (χ1) is 9.21. The van der Waals surface area contributed by atoms with Gasteiger partial charge < -0.3 is 15.7 Å². The van der Waals surface area contributed by atoms with Crippen molar-refractivity contribution in [2.24, 2.45) is 5.92 Å². The van der Waals surface area contributed by atoms with Gasteiger partial charge in [-0.15, -0.1) is 0 Å². The molecule has 0 aromatic heterocycles. The first-order valence-corrected chi connectivity index (χ1v) is 8.28. The van der Waals surface area contributed by atoms with E-state index in [-0.39, 0.29) is 10.8 Å². The Morgan fingerprint density at radius 1 is 1.45 bits per heavy atom. The van der Waals surface area contributed by atoms with Crippen LogP contribution in [0.4, 0.5) is 4.79 Å². The number of thioether (sulfide) groups is 1. The van der Waals surface area contributed by atoms with Gasteiger partial charge in [0.1, 0.15) is 5.54 Å². The molecule has 1 aliphatic carbocycles. The summed E-state index contributed by atoms with van der Waals surface area (Å²) in [5.74, 6) is -0.605. The SMILES string of the molecule is CSC(C)(C)CNC(=O)NC1(C(=O)O)CCCC(C)C1. The highest BCUT2D eigenvalue weighted by Gasteiger charge is 2.43. The Balaban J connectivity index is 2.62. The molecule has 5 nitrogen and oxygen atoms in total. The van der Waals surface area contributed by atoms with Crippen molar-refractivity contribution < 1.29 is 14.7 Å². The maximum Gasteiger partial charge on any atom is 0.329 e. The van der Waals surface area contributed by atoms with Gasteiger partial charge >= 0.3 is 12.0 Å². The Kier molecular flexibility index (Phi) is 5.74. The lowest BCUT2D eigenvalue weighted by Crippen LogP contribution is -2.59. The minimum Gasteiger partial charge on any atom is -0.480 e. The second-order valence-corrected chi connectivity index (χ2v) is 7.87. The molecule has 1 fully saturated rings. The lowest BCUT2D eigenvalue weighted by molar-refractivity contribution is -0.146. The van der Waals surface area contributed by atoms with Crippen LogP contribution >= 0.6 is 11.8 Å². The van der Waals surface area contributed by atoms with Crippen molar-refractivity contribution in [3.05, 3.63) is 0 Å². The van der Waals surface area contributed by atoms with E-state index in [1.165, 1.54) is 0 Å². The number of hydrogen-bond donors (Lipinski definition) is 3. The molecule has 0 saturated heterocycles. The van der Waals surface area contributed by atoms with Gasteiger partial charge in [-0.2, -0.15) is 11.8 Å². The van der Waals surface area contributed by atoms with Crippen LogP contribution in [0.15, 0.2) is 0 Å². The largest absolute Gasteiger partial charge is 0.480 e. The van der Waals surface area contributed by atoms with Gasteiger partial charge in [-0.1, -0.05) is 19.8 Å². The normalized spacial score (nSPS) is 26.9. The summed E-state index contributed by atoms with van der Waals surface area (Å²) in [5, 5.41) is 15.0. The van der Waals surface area contributed by atoms with E-state index < -0.39 is 11.5 Å². The van der Waals surface area contributed by atoms with E-state index in [0.29, 0.717) is 25.3 Å². The maximum absolute atomic E-state index is 12.0. The summed E-state index contributed by atoms with van der Waals surface area (Å²) in [6.45, 7) is 6.61. The van der Waals surface area contributed by atoms with Crippen molar-refractivity contribution in [3.63, 3.8) is 0 Å². The maximum atomic E-state index is 12.0. The summed E-state index contributed by atoms with van der Waals surface area (Å²) in [5.41, 5.74) is -1.11. The molecule has 0 spiro atoms. The lowest BCUT2D eigenvalue weighted by Gasteiger charge is -2.37. The minimum atomic E-state index is -1.11. The van der Waals surface area contributed by atoms with Crippen LogP contribution in [-0.4, -0.2) is 40.2 Å². The molecular weight excluding hydrogens is 276 g/mol. The molecule has 2 atom stereocenters. The summed E-state index contributed by atoms with van der Waals surface area (Å²) in [6.07, 6.45) is 4.86. The molecule has 0 radical (unpaired) electrons. The molecule has 2 unspecified atom stereocenters. The average Bonchev–Trinajstić information content (AvgIpc) is 2.36. The Morgan fingerprint density at radius 2 is 2.10 bits per heavy atom. The van der Waals surface area contributed by atoms with E-state index in [2.05, 4.69) is 10.6 Å². The topological polar surface area (TPSA) is 78.4 Å². The van der Waals surface area contributed by atoms with E-state index in [4.69, 9.17) is 0 Å². The smallest absolute Gasteiger partial charge is 0.329 e. The van der Waals surface area contributed by atoms with Gasteiger partial charge in [0.2, 0.25) is 0 Å². The van der Waals surface area contributed by atoms with Gasteiger partial charge in [0.25, 0.3) is 0 Å². The highest BCUT2D eigenvalue weighted by atomic mass is 32.2. The molecule has 116 valence electrons. The third-order valence-corrected chi connectivity index (χ3v) is 5.24. The molecule has 20 heavy (non-hydrogen) atoms. The van der Waals surface area contributed by atoms with E-state index in [9.17, 15) is 14.7 Å². The summed E-state index contributed by atoms with van der Waals surface area (Å²) < 4.78 is -0.0619. The standard InChI is InChI=1S/C14H26N2O3S/c1-10-6-5-7-14(8-10,11(17)18)16-12(19)15-9-13(2,3)20-4/h10H,5-9H2,1-4H3,(H,17,18)(H2,15,16,19). The number of aliphatic carboxylic acids is 1. The zero-order chi connectivity index (χ0) is 15.4. The Labute approximate surface area is 125 Å². The third kappa shape index (κ3) is 4.58. The van der Waals surface area contributed by atoms with Crippen LogP contribution in [-0.2, 0) is 4.79 Å². The number of carboxylic acid groups (broad SMARTS) is 1. The van der Waals surface area contributed by atoms with Gasteiger partial charge in [-0.3, -0.25) is 0 Å². The van der Waals surface area contributed by atoms with E-state index in [0.717, 1.165) is 12.8 Å². The van der Waals surface area contributed by atoms with Crippen LogP contribution in [0.5, 0.6) is 0 Å². The van der Waals surface area contributed by atoms with Crippen LogP contribution in [0.2, 0.25) is 0 Å². The molecular formula is C14H26N2O3S. The Bertz CT molecular complexity index is 373. The summed E-state index contributed by atoms with van der Waals surface area (Å²) >= 11 is 1.66. The number of carbonyl (C=O) groups is 2. The first-order valence-electron chi connectivity index (χ1n) is 7.05. The lowest BCUT2D eigenvalue weighted by atomic mass is 9.76. The Morgan fingerprint density at radius 3 is 2.60 bits per heavy atom. The number of nitrogens with one attached hydrogen (secondary N) is 2. The molecule has 0 aromatic rings. The number of hydrogen-bond acceptors (Lipinski definition) is 3. The molecule has 6 heteroatoms. The molecule has 0 bridgehead atoms. The Hall–Kier alpha value is -0.910. The van der Waals surface area contributed by atoms with Crippen molar-refractivity contribution in [2.45, 2.75) is 56.7 Å². The fraction of sp³-hybridized carbons (Fsp3) is 0.857. The number of urea groups is 1. The van der Waals surface area contributed by atoms with Crippen molar-refractivity contribution in [2.75, 3.05) is 12.8 Å². The number of rotatable bonds is 5.